The van der Waals surface area contributed by atoms with Crippen molar-refractivity contribution in [3.63, 3.8) is 0 Å². The fourth-order valence-electron chi connectivity index (χ4n) is 2.57. The Labute approximate surface area is 117 Å². The second kappa shape index (κ2) is 6.17. The van der Waals surface area contributed by atoms with Crippen LogP contribution < -0.4 is 5.32 Å². The number of aliphatic hydroxyl groups is 1. The summed E-state index contributed by atoms with van der Waals surface area (Å²) in [7, 11) is 0. The number of nitro groups is 1. The molecule has 0 bridgehead atoms. The van der Waals surface area contributed by atoms with Gasteiger partial charge in [0, 0.05) is 6.54 Å². The smallest absolute Gasteiger partial charge is 0.295 e. The quantitative estimate of drug-likeness (QED) is 0.657. The molecule has 0 aromatic heterocycles. The van der Waals surface area contributed by atoms with Gasteiger partial charge >= 0.3 is 0 Å². The van der Waals surface area contributed by atoms with Gasteiger partial charge in [-0.05, 0) is 50.2 Å². The van der Waals surface area contributed by atoms with E-state index in [0.717, 1.165) is 31.7 Å². The average molecular weight is 282 g/mol. The van der Waals surface area contributed by atoms with Gasteiger partial charge in [-0.1, -0.05) is 0 Å². The monoisotopic (exact) mass is 282 g/mol. The molecule has 0 atom stereocenters. The zero-order chi connectivity index (χ0) is 14.7. The number of hydrogen-bond donors (Lipinski definition) is 2. The summed E-state index contributed by atoms with van der Waals surface area (Å²) in [5.41, 5.74) is 0.515. The van der Waals surface area contributed by atoms with Crippen molar-refractivity contribution in [1.82, 2.24) is 0 Å². The maximum atomic E-state index is 13.4. The number of aliphatic hydroxyl groups excluding tert-OH is 1. The summed E-state index contributed by atoms with van der Waals surface area (Å²) in [4.78, 5) is 10.4. The summed E-state index contributed by atoms with van der Waals surface area (Å²) in [5, 5.41) is 23.4. The molecule has 20 heavy (non-hydrogen) atoms. The van der Waals surface area contributed by atoms with E-state index in [1.165, 1.54) is 6.07 Å². The Bertz CT molecular complexity index is 499. The molecule has 110 valence electrons. The van der Waals surface area contributed by atoms with Crippen LogP contribution in [0.2, 0.25) is 0 Å². The van der Waals surface area contributed by atoms with Gasteiger partial charge in [0.15, 0.2) is 0 Å². The molecule has 0 spiro atoms. The minimum atomic E-state index is -0.574. The van der Waals surface area contributed by atoms with E-state index in [1.54, 1.807) is 6.92 Å². The lowest BCUT2D eigenvalue weighted by Crippen LogP contribution is -2.23. The van der Waals surface area contributed by atoms with Crippen LogP contribution in [-0.4, -0.2) is 22.7 Å². The van der Waals surface area contributed by atoms with Crippen LogP contribution in [0.15, 0.2) is 12.1 Å². The summed E-state index contributed by atoms with van der Waals surface area (Å²) >= 11 is 0. The molecule has 2 rings (SSSR count). The van der Waals surface area contributed by atoms with E-state index < -0.39 is 10.7 Å². The third-order valence-electron chi connectivity index (χ3n) is 3.87. The predicted molar refractivity (Wildman–Crippen MR) is 74.2 cm³/mol. The Morgan fingerprint density at radius 2 is 2.05 bits per heavy atom. The van der Waals surface area contributed by atoms with E-state index in [1.807, 2.05) is 0 Å². The molecule has 1 aliphatic rings. The minimum absolute atomic E-state index is 0.214. The van der Waals surface area contributed by atoms with E-state index in [9.17, 15) is 19.6 Å². The largest absolute Gasteiger partial charge is 0.393 e. The Morgan fingerprint density at radius 3 is 2.65 bits per heavy atom. The van der Waals surface area contributed by atoms with Crippen molar-refractivity contribution in [3.8, 4) is 0 Å². The van der Waals surface area contributed by atoms with Crippen molar-refractivity contribution in [2.75, 3.05) is 11.9 Å². The van der Waals surface area contributed by atoms with E-state index in [0.29, 0.717) is 23.7 Å². The number of nitro benzene ring substituents is 1. The molecule has 5 nitrogen and oxygen atoms in total. The van der Waals surface area contributed by atoms with Crippen LogP contribution in [0.1, 0.15) is 31.2 Å². The first-order valence-corrected chi connectivity index (χ1v) is 6.84. The Balaban J connectivity index is 2.05. The fourth-order valence-corrected chi connectivity index (χ4v) is 2.57. The van der Waals surface area contributed by atoms with Gasteiger partial charge in [-0.15, -0.1) is 0 Å². The molecule has 1 aromatic carbocycles. The van der Waals surface area contributed by atoms with Gasteiger partial charge in [0.2, 0.25) is 0 Å². The van der Waals surface area contributed by atoms with Gasteiger partial charge in [-0.25, -0.2) is 4.39 Å². The van der Waals surface area contributed by atoms with Gasteiger partial charge in [0.1, 0.15) is 11.5 Å². The molecular formula is C14H19FN2O3. The lowest BCUT2D eigenvalue weighted by atomic mass is 9.87. The van der Waals surface area contributed by atoms with Crippen LogP contribution in [0.3, 0.4) is 0 Å². The number of benzene rings is 1. The molecule has 6 heteroatoms. The number of aryl methyl sites for hydroxylation is 1. The van der Waals surface area contributed by atoms with Crippen molar-refractivity contribution in [3.05, 3.63) is 33.6 Å². The van der Waals surface area contributed by atoms with Crippen LogP contribution >= 0.6 is 0 Å². The van der Waals surface area contributed by atoms with Gasteiger partial charge in [-0.2, -0.15) is 0 Å². The lowest BCUT2D eigenvalue weighted by Gasteiger charge is -2.25. The summed E-state index contributed by atoms with van der Waals surface area (Å²) in [6, 6.07) is 2.44. The molecule has 0 amide bonds. The summed E-state index contributed by atoms with van der Waals surface area (Å²) in [5.74, 6) is -0.175. The first-order valence-electron chi connectivity index (χ1n) is 6.84. The number of anilines is 1. The molecule has 0 radical (unpaired) electrons. The van der Waals surface area contributed by atoms with E-state index in [2.05, 4.69) is 5.32 Å². The molecule has 1 aliphatic carbocycles. The van der Waals surface area contributed by atoms with Crippen molar-refractivity contribution < 1.29 is 14.4 Å². The second-order valence-corrected chi connectivity index (χ2v) is 5.43. The molecule has 1 aromatic rings. The van der Waals surface area contributed by atoms with Crippen molar-refractivity contribution >= 4 is 11.4 Å². The Kier molecular flexibility index (Phi) is 4.54. The highest BCUT2D eigenvalue weighted by atomic mass is 19.1. The first kappa shape index (κ1) is 14.7. The second-order valence-electron chi connectivity index (χ2n) is 5.43. The molecule has 1 saturated carbocycles. The van der Waals surface area contributed by atoms with Gasteiger partial charge in [0.05, 0.1) is 17.1 Å². The summed E-state index contributed by atoms with van der Waals surface area (Å²) in [6.07, 6.45) is 3.14. The van der Waals surface area contributed by atoms with E-state index in [-0.39, 0.29) is 11.8 Å². The van der Waals surface area contributed by atoms with Crippen LogP contribution in [0.25, 0.3) is 0 Å². The summed E-state index contributed by atoms with van der Waals surface area (Å²) in [6.45, 7) is 2.19. The van der Waals surface area contributed by atoms with Crippen LogP contribution in [0, 0.1) is 28.8 Å². The number of rotatable bonds is 4. The van der Waals surface area contributed by atoms with Crippen molar-refractivity contribution in [1.29, 1.82) is 0 Å². The molecule has 0 aliphatic heterocycles. The SMILES string of the molecule is Cc1cc(NCC2CCC(O)CC2)c([N+](=O)[O-])cc1F. The van der Waals surface area contributed by atoms with E-state index in [4.69, 9.17) is 0 Å². The molecule has 0 saturated heterocycles. The number of hydrogen-bond acceptors (Lipinski definition) is 4. The number of nitrogens with zero attached hydrogens (tertiary/aromatic N) is 1. The first-order chi connectivity index (χ1) is 9.47. The highest BCUT2D eigenvalue weighted by molar-refractivity contribution is 5.63. The third kappa shape index (κ3) is 3.45. The average Bonchev–Trinajstić information content (AvgIpc) is 2.41. The normalized spacial score (nSPS) is 22.6. The van der Waals surface area contributed by atoms with Crippen LogP contribution in [0.4, 0.5) is 15.8 Å². The van der Waals surface area contributed by atoms with E-state index >= 15 is 0 Å². The minimum Gasteiger partial charge on any atom is -0.393 e. The highest BCUT2D eigenvalue weighted by Crippen LogP contribution is 2.29. The van der Waals surface area contributed by atoms with Gasteiger partial charge in [-0.3, -0.25) is 10.1 Å². The fraction of sp³-hybridized carbons (Fsp3) is 0.571. The van der Waals surface area contributed by atoms with Crippen LogP contribution in [-0.2, 0) is 0 Å². The Morgan fingerprint density at radius 1 is 1.40 bits per heavy atom. The zero-order valence-corrected chi connectivity index (χ0v) is 11.4. The molecule has 0 unspecified atom stereocenters. The molecule has 0 heterocycles. The Hall–Kier alpha value is -1.69. The van der Waals surface area contributed by atoms with Crippen LogP contribution in [0.5, 0.6) is 0 Å². The maximum Gasteiger partial charge on any atom is 0.295 e. The number of nitrogens with one attached hydrogen (secondary N) is 1. The molecule has 2 N–H and O–H groups in total. The zero-order valence-electron chi connectivity index (χ0n) is 11.4. The number of halogens is 1. The summed E-state index contributed by atoms with van der Waals surface area (Å²) < 4.78 is 13.4. The van der Waals surface area contributed by atoms with Gasteiger partial charge < -0.3 is 10.4 Å². The lowest BCUT2D eigenvalue weighted by molar-refractivity contribution is -0.384. The van der Waals surface area contributed by atoms with Crippen molar-refractivity contribution in [2.24, 2.45) is 5.92 Å². The predicted octanol–water partition coefficient (Wildman–Crippen LogP) is 3.01. The van der Waals surface area contributed by atoms with Crippen molar-refractivity contribution in [2.45, 2.75) is 38.7 Å². The molecule has 1 fully saturated rings. The topological polar surface area (TPSA) is 75.4 Å². The van der Waals surface area contributed by atoms with Gasteiger partial charge in [0.25, 0.3) is 5.69 Å². The third-order valence-corrected chi connectivity index (χ3v) is 3.87. The maximum absolute atomic E-state index is 13.4. The molecular weight excluding hydrogens is 263 g/mol. The highest BCUT2D eigenvalue weighted by Gasteiger charge is 2.21. The standard InChI is InChI=1S/C14H19FN2O3/c1-9-6-13(14(17(19)20)7-12(9)15)16-8-10-2-4-11(18)5-3-10/h6-7,10-11,16,18H,2-5,8H2,1H3.